The van der Waals surface area contributed by atoms with Gasteiger partial charge in [-0.2, -0.15) is 13.2 Å². The zero-order chi connectivity index (χ0) is 17.3. The lowest BCUT2D eigenvalue weighted by Crippen LogP contribution is -2.55. The molecule has 6 heteroatoms. The fraction of sp³-hybridized carbons (Fsp3) is 0.588. The normalized spacial score (nSPS) is 22.7. The van der Waals surface area contributed by atoms with Gasteiger partial charge in [-0.05, 0) is 51.8 Å². The van der Waals surface area contributed by atoms with Crippen molar-refractivity contribution in [2.24, 2.45) is 0 Å². The first-order valence-corrected chi connectivity index (χ1v) is 7.84. The Morgan fingerprint density at radius 2 is 1.91 bits per heavy atom. The monoisotopic (exact) mass is 328 g/mol. The van der Waals surface area contributed by atoms with Crippen molar-refractivity contribution in [1.29, 1.82) is 0 Å². The Bertz CT molecular complexity index is 569. The van der Waals surface area contributed by atoms with Crippen molar-refractivity contribution in [3.63, 3.8) is 0 Å². The van der Waals surface area contributed by atoms with Crippen molar-refractivity contribution in [3.8, 4) is 0 Å². The second kappa shape index (κ2) is 6.51. The van der Waals surface area contributed by atoms with Crippen molar-refractivity contribution in [2.75, 3.05) is 6.54 Å². The molecule has 0 aromatic heterocycles. The van der Waals surface area contributed by atoms with E-state index in [-0.39, 0.29) is 18.0 Å². The predicted octanol–water partition coefficient (Wildman–Crippen LogP) is 3.24. The van der Waals surface area contributed by atoms with Crippen molar-refractivity contribution >= 4 is 5.91 Å². The molecule has 3 nitrogen and oxygen atoms in total. The van der Waals surface area contributed by atoms with Gasteiger partial charge in [0.05, 0.1) is 11.0 Å². The van der Waals surface area contributed by atoms with Gasteiger partial charge in [0, 0.05) is 12.1 Å². The van der Waals surface area contributed by atoms with Gasteiger partial charge in [0.1, 0.15) is 0 Å². The SMILES string of the molecule is CC1NCCCC1NC(=O)C(C)(C)c1cccc(C(F)(F)F)c1. The third-order valence-electron chi connectivity index (χ3n) is 4.56. The Hall–Kier alpha value is -1.56. The molecule has 1 aromatic carbocycles. The summed E-state index contributed by atoms with van der Waals surface area (Å²) < 4.78 is 38.6. The molecule has 1 heterocycles. The minimum Gasteiger partial charge on any atom is -0.351 e. The summed E-state index contributed by atoms with van der Waals surface area (Å²) in [7, 11) is 0. The van der Waals surface area contributed by atoms with Gasteiger partial charge in [0.15, 0.2) is 0 Å². The van der Waals surface area contributed by atoms with Crippen LogP contribution >= 0.6 is 0 Å². The highest BCUT2D eigenvalue weighted by Gasteiger charge is 2.36. The number of benzene rings is 1. The maximum Gasteiger partial charge on any atom is 0.416 e. The molecule has 2 atom stereocenters. The Labute approximate surface area is 134 Å². The van der Waals surface area contributed by atoms with Crippen LogP contribution in [0, 0.1) is 0 Å². The Morgan fingerprint density at radius 3 is 2.52 bits per heavy atom. The first kappa shape index (κ1) is 17.8. The highest BCUT2D eigenvalue weighted by molar-refractivity contribution is 5.87. The molecule has 0 saturated carbocycles. The summed E-state index contributed by atoms with van der Waals surface area (Å²) in [5, 5.41) is 6.28. The van der Waals surface area contributed by atoms with E-state index in [0.29, 0.717) is 5.56 Å². The van der Waals surface area contributed by atoms with E-state index in [1.807, 2.05) is 6.92 Å². The molecule has 0 aliphatic carbocycles. The quantitative estimate of drug-likeness (QED) is 0.894. The van der Waals surface area contributed by atoms with Gasteiger partial charge in [-0.3, -0.25) is 4.79 Å². The van der Waals surface area contributed by atoms with Crippen LogP contribution in [0.3, 0.4) is 0 Å². The molecule has 2 unspecified atom stereocenters. The fourth-order valence-corrected chi connectivity index (χ4v) is 2.81. The second-order valence-corrected chi connectivity index (χ2v) is 6.67. The molecule has 1 aliphatic heterocycles. The van der Waals surface area contributed by atoms with Crippen LogP contribution in [-0.2, 0) is 16.4 Å². The fourth-order valence-electron chi connectivity index (χ4n) is 2.81. The summed E-state index contributed by atoms with van der Waals surface area (Å²) in [5.74, 6) is -0.252. The summed E-state index contributed by atoms with van der Waals surface area (Å²) in [5.41, 5.74) is -1.40. The van der Waals surface area contributed by atoms with E-state index < -0.39 is 17.2 Å². The van der Waals surface area contributed by atoms with Crippen molar-refractivity contribution in [2.45, 2.75) is 57.3 Å². The zero-order valence-electron chi connectivity index (χ0n) is 13.6. The highest BCUT2D eigenvalue weighted by atomic mass is 19.4. The molecule has 1 fully saturated rings. The van der Waals surface area contributed by atoms with Crippen molar-refractivity contribution < 1.29 is 18.0 Å². The lowest BCUT2D eigenvalue weighted by molar-refractivity contribution is -0.138. The average Bonchev–Trinajstić information content (AvgIpc) is 2.48. The summed E-state index contributed by atoms with van der Waals surface area (Å²) >= 11 is 0. The maximum absolute atomic E-state index is 12.9. The molecule has 128 valence electrons. The average molecular weight is 328 g/mol. The molecule has 1 aromatic rings. The van der Waals surface area contributed by atoms with Crippen LogP contribution < -0.4 is 10.6 Å². The maximum atomic E-state index is 12.9. The van der Waals surface area contributed by atoms with Crippen molar-refractivity contribution in [1.82, 2.24) is 10.6 Å². The van der Waals surface area contributed by atoms with Crippen molar-refractivity contribution in [3.05, 3.63) is 35.4 Å². The molecule has 1 saturated heterocycles. The van der Waals surface area contributed by atoms with Gasteiger partial charge in [0.25, 0.3) is 0 Å². The molecule has 2 N–H and O–H groups in total. The molecule has 2 rings (SSSR count). The second-order valence-electron chi connectivity index (χ2n) is 6.67. The third-order valence-corrected chi connectivity index (χ3v) is 4.56. The van der Waals surface area contributed by atoms with Crippen LogP contribution in [0.15, 0.2) is 24.3 Å². The lowest BCUT2D eigenvalue weighted by atomic mass is 9.82. The minimum atomic E-state index is -4.41. The number of hydrogen-bond donors (Lipinski definition) is 2. The molecule has 0 spiro atoms. The first-order chi connectivity index (χ1) is 10.6. The summed E-state index contributed by atoms with van der Waals surface area (Å²) in [6, 6.07) is 5.15. The van der Waals surface area contributed by atoms with E-state index in [9.17, 15) is 18.0 Å². The van der Waals surface area contributed by atoms with Crippen LogP contribution in [0.2, 0.25) is 0 Å². The number of rotatable bonds is 3. The smallest absolute Gasteiger partial charge is 0.351 e. The van der Waals surface area contributed by atoms with Crippen LogP contribution in [0.5, 0.6) is 0 Å². The first-order valence-electron chi connectivity index (χ1n) is 7.84. The number of alkyl halides is 3. The number of carbonyl (C=O) groups is 1. The van der Waals surface area contributed by atoms with Crippen LogP contribution in [-0.4, -0.2) is 24.5 Å². The predicted molar refractivity (Wildman–Crippen MR) is 83.1 cm³/mol. The zero-order valence-corrected chi connectivity index (χ0v) is 13.6. The van der Waals surface area contributed by atoms with Gasteiger partial charge in [0.2, 0.25) is 5.91 Å². The highest BCUT2D eigenvalue weighted by Crippen LogP contribution is 2.33. The molecule has 0 radical (unpaired) electrons. The lowest BCUT2D eigenvalue weighted by Gasteiger charge is -2.34. The van der Waals surface area contributed by atoms with Gasteiger partial charge >= 0.3 is 6.18 Å². The Balaban J connectivity index is 2.18. The summed E-state index contributed by atoms with van der Waals surface area (Å²) in [6.45, 7) is 6.23. The standard InChI is InChI=1S/C17H23F3N2O/c1-11-14(8-5-9-21-11)22-15(23)16(2,3)12-6-4-7-13(10-12)17(18,19)20/h4,6-7,10-11,14,21H,5,8-9H2,1-3H3,(H,22,23). The molecule has 0 bridgehead atoms. The number of nitrogens with one attached hydrogen (secondary N) is 2. The molecular formula is C17H23F3N2O. The molecule has 1 aliphatic rings. The number of carbonyl (C=O) groups excluding carboxylic acids is 1. The Kier molecular flexibility index (Phi) is 5.04. The van der Waals surface area contributed by atoms with E-state index in [1.54, 1.807) is 19.9 Å². The van der Waals surface area contributed by atoms with Gasteiger partial charge in [-0.1, -0.05) is 18.2 Å². The van der Waals surface area contributed by atoms with Crippen LogP contribution in [0.4, 0.5) is 13.2 Å². The largest absolute Gasteiger partial charge is 0.416 e. The van der Waals surface area contributed by atoms with Gasteiger partial charge in [-0.25, -0.2) is 0 Å². The number of amides is 1. The van der Waals surface area contributed by atoms with Gasteiger partial charge < -0.3 is 10.6 Å². The van der Waals surface area contributed by atoms with Crippen LogP contribution in [0.25, 0.3) is 0 Å². The van der Waals surface area contributed by atoms with E-state index in [2.05, 4.69) is 10.6 Å². The minimum absolute atomic E-state index is 0.00123. The van der Waals surface area contributed by atoms with Gasteiger partial charge in [-0.15, -0.1) is 0 Å². The molecular weight excluding hydrogens is 305 g/mol. The van der Waals surface area contributed by atoms with E-state index in [0.717, 1.165) is 31.5 Å². The summed E-state index contributed by atoms with van der Waals surface area (Å²) in [6.07, 6.45) is -2.57. The topological polar surface area (TPSA) is 41.1 Å². The third kappa shape index (κ3) is 4.05. The van der Waals surface area contributed by atoms with E-state index >= 15 is 0 Å². The molecule has 23 heavy (non-hydrogen) atoms. The summed E-state index contributed by atoms with van der Waals surface area (Å²) in [4.78, 5) is 12.6. The Morgan fingerprint density at radius 1 is 1.26 bits per heavy atom. The van der Waals surface area contributed by atoms with Crippen LogP contribution in [0.1, 0.15) is 44.7 Å². The molecule has 1 amide bonds. The van der Waals surface area contributed by atoms with E-state index in [1.165, 1.54) is 6.07 Å². The van der Waals surface area contributed by atoms with E-state index in [4.69, 9.17) is 0 Å². The number of hydrogen-bond acceptors (Lipinski definition) is 2. The number of halogens is 3. The number of piperidine rings is 1.